The molecule has 1 atom stereocenters. The minimum absolute atomic E-state index is 0.0359. The molecule has 0 amide bonds. The van der Waals surface area contributed by atoms with Crippen LogP contribution in [0.2, 0.25) is 0 Å². The van der Waals surface area contributed by atoms with Crippen LogP contribution in [0.5, 0.6) is 0 Å². The number of hydrogen-bond acceptors (Lipinski definition) is 0. The van der Waals surface area contributed by atoms with Crippen LogP contribution in [0.3, 0.4) is 0 Å². The molecular weight excluding hydrogens is 577 g/mol. The molecule has 0 aliphatic carbocycles. The van der Waals surface area contributed by atoms with Gasteiger partial charge >= 0.3 is 229 Å². The molecular formula is C33H42P2Sn. The molecule has 3 heteroatoms. The Bertz CT molecular complexity index is 1160. The zero-order valence-electron chi connectivity index (χ0n) is 23.6. The van der Waals surface area contributed by atoms with Crippen molar-refractivity contribution in [1.82, 2.24) is 0 Å². The maximum absolute atomic E-state index is 3.82. The molecule has 0 unspecified atom stereocenters. The summed E-state index contributed by atoms with van der Waals surface area (Å²) >= 11 is -3.82. The van der Waals surface area contributed by atoms with Crippen molar-refractivity contribution in [2.75, 3.05) is 0 Å². The molecule has 188 valence electrons. The molecule has 0 spiro atoms. The van der Waals surface area contributed by atoms with Crippen molar-refractivity contribution < 1.29 is 0 Å². The molecule has 0 saturated carbocycles. The first kappa shape index (κ1) is 27.8. The van der Waals surface area contributed by atoms with Gasteiger partial charge in [-0.25, -0.2) is 0 Å². The van der Waals surface area contributed by atoms with Gasteiger partial charge in [-0.2, -0.15) is 0 Å². The summed E-state index contributed by atoms with van der Waals surface area (Å²) in [5.74, 6) is 0. The standard InChI is InChI=1S/C15H27P2.3C6H5.Sn/c1-13(2,3)10-11(14(4,5)6)17-12(16-10)15(7,8)9;3*1-2-4-6-5-3-1;/h1-9H3;3*1-5H;. The second-order valence-electron chi connectivity index (χ2n) is 13.2. The zero-order chi connectivity index (χ0) is 26.4. The van der Waals surface area contributed by atoms with Crippen molar-refractivity contribution in [2.24, 2.45) is 16.2 Å². The Labute approximate surface area is 227 Å². The normalized spacial score (nSPS) is 20.0. The molecule has 0 aromatic heterocycles. The van der Waals surface area contributed by atoms with Crippen LogP contribution >= 0.6 is 16.4 Å². The number of hydrogen-bond donors (Lipinski definition) is 0. The van der Waals surface area contributed by atoms with Gasteiger partial charge in [0.25, 0.3) is 0 Å². The molecule has 0 saturated heterocycles. The molecule has 0 bridgehead atoms. The number of benzene rings is 3. The Morgan fingerprint density at radius 2 is 0.889 bits per heavy atom. The molecule has 0 radical (unpaired) electrons. The molecule has 0 N–H and O–H groups in total. The van der Waals surface area contributed by atoms with Crippen LogP contribution in [0, 0.1) is 16.2 Å². The van der Waals surface area contributed by atoms with Crippen molar-refractivity contribution >= 4 is 55.9 Å². The van der Waals surface area contributed by atoms with Crippen LogP contribution in [0.15, 0.2) is 91.0 Å². The van der Waals surface area contributed by atoms with Crippen LogP contribution in [0.25, 0.3) is 0 Å². The third-order valence-corrected chi connectivity index (χ3v) is 32.5. The second-order valence-corrected chi connectivity index (χ2v) is 28.6. The summed E-state index contributed by atoms with van der Waals surface area (Å²) in [5.41, 5.74) is 0.318. The Morgan fingerprint density at radius 1 is 0.528 bits per heavy atom. The van der Waals surface area contributed by atoms with Gasteiger partial charge in [0.1, 0.15) is 0 Å². The zero-order valence-corrected chi connectivity index (χ0v) is 28.2. The van der Waals surface area contributed by atoms with Gasteiger partial charge in [-0.3, -0.25) is 0 Å². The van der Waals surface area contributed by atoms with Gasteiger partial charge in [-0.15, -0.1) is 0 Å². The van der Waals surface area contributed by atoms with Crippen molar-refractivity contribution in [3.63, 3.8) is 0 Å². The quantitative estimate of drug-likeness (QED) is 0.207. The van der Waals surface area contributed by atoms with Gasteiger partial charge in [-0.05, 0) is 0 Å². The van der Waals surface area contributed by atoms with E-state index in [0.717, 1.165) is 0 Å². The monoisotopic (exact) mass is 620 g/mol. The van der Waals surface area contributed by atoms with E-state index >= 15 is 0 Å². The summed E-state index contributed by atoms with van der Waals surface area (Å²) < 4.78 is 4.78. The Morgan fingerprint density at radius 3 is 1.17 bits per heavy atom. The van der Waals surface area contributed by atoms with Gasteiger partial charge < -0.3 is 0 Å². The summed E-state index contributed by atoms with van der Waals surface area (Å²) in [6, 6.07) is 35.0. The van der Waals surface area contributed by atoms with Crippen molar-refractivity contribution in [1.29, 1.82) is 0 Å². The summed E-state index contributed by atoms with van der Waals surface area (Å²) in [5, 5.41) is 3.41. The van der Waals surface area contributed by atoms with E-state index in [-0.39, 0.29) is 19.4 Å². The third kappa shape index (κ3) is 4.51. The summed E-state index contributed by atoms with van der Waals surface area (Å²) in [6.45, 7) is 22.3. The molecule has 3 aromatic rings. The Kier molecular flexibility index (Phi) is 7.60. The molecule has 1 heterocycles. The number of rotatable bonds is 4. The first-order chi connectivity index (χ1) is 16.8. The minimum atomic E-state index is -3.82. The Hall–Kier alpha value is -1.20. The van der Waals surface area contributed by atoms with E-state index in [0.29, 0.717) is 0 Å². The summed E-state index contributed by atoms with van der Waals surface area (Å²) in [7, 11) is 3.00. The van der Waals surface area contributed by atoms with E-state index in [1.165, 1.54) is 16.4 Å². The molecule has 1 aliphatic heterocycles. The second kappa shape index (κ2) is 9.84. The van der Waals surface area contributed by atoms with Gasteiger partial charge in [-0.1, -0.05) is 0 Å². The fraction of sp³-hybridized carbons (Fsp3) is 0.394. The van der Waals surface area contributed by atoms with Crippen LogP contribution in [-0.2, 0) is 0 Å². The van der Waals surface area contributed by atoms with E-state index in [4.69, 9.17) is 0 Å². The van der Waals surface area contributed by atoms with Crippen LogP contribution in [0.4, 0.5) is 0 Å². The third-order valence-electron chi connectivity index (χ3n) is 7.46. The maximum atomic E-state index is 2.54. The molecule has 1 aliphatic rings. The topological polar surface area (TPSA) is 0 Å². The average molecular weight is 619 g/mol. The summed E-state index contributed by atoms with van der Waals surface area (Å²) in [4.78, 5) is 0. The van der Waals surface area contributed by atoms with Crippen LogP contribution in [0.1, 0.15) is 62.3 Å². The van der Waals surface area contributed by atoms with E-state index in [1.807, 2.05) is 0 Å². The summed E-state index contributed by atoms with van der Waals surface area (Å²) in [6.07, 6.45) is 0. The molecule has 36 heavy (non-hydrogen) atoms. The van der Waals surface area contributed by atoms with E-state index in [1.54, 1.807) is 21.1 Å². The van der Waals surface area contributed by atoms with E-state index in [2.05, 4.69) is 153 Å². The van der Waals surface area contributed by atoms with E-state index in [9.17, 15) is 0 Å². The van der Waals surface area contributed by atoms with Crippen molar-refractivity contribution in [3.05, 3.63) is 91.0 Å². The van der Waals surface area contributed by atoms with Gasteiger partial charge in [0, 0.05) is 0 Å². The van der Waals surface area contributed by atoms with Crippen LogP contribution < -0.4 is 10.7 Å². The molecule has 3 aromatic carbocycles. The van der Waals surface area contributed by atoms with E-state index < -0.39 is 18.4 Å². The molecule has 0 nitrogen and oxygen atoms in total. The fourth-order valence-electron chi connectivity index (χ4n) is 6.01. The van der Waals surface area contributed by atoms with Gasteiger partial charge in [0.05, 0.1) is 0 Å². The molecule has 0 fully saturated rings. The fourth-order valence-corrected chi connectivity index (χ4v) is 35.3. The van der Waals surface area contributed by atoms with Gasteiger partial charge in [0.2, 0.25) is 0 Å². The van der Waals surface area contributed by atoms with Crippen LogP contribution in [-0.4, -0.2) is 31.9 Å². The SMILES string of the molecule is CC(C)(C)C1=P[C@](C(C)(C)C)([Sn]([c]2ccccc2)([c]2ccccc2)[c]2ccccc2)C(C(C)(C)C)=P1. The van der Waals surface area contributed by atoms with Gasteiger partial charge in [0.15, 0.2) is 0 Å². The first-order valence-corrected chi connectivity index (χ1v) is 20.6. The van der Waals surface area contributed by atoms with Crippen molar-refractivity contribution in [3.8, 4) is 0 Å². The molecule has 4 rings (SSSR count). The first-order valence-electron chi connectivity index (χ1n) is 13.1. The predicted octanol–water partition coefficient (Wildman–Crippen LogP) is 7.78. The predicted molar refractivity (Wildman–Crippen MR) is 169 cm³/mol. The average Bonchev–Trinajstić information content (AvgIpc) is 3.26. The Balaban J connectivity index is 2.33. The van der Waals surface area contributed by atoms with Crippen molar-refractivity contribution in [2.45, 2.75) is 65.5 Å².